The van der Waals surface area contributed by atoms with E-state index in [1.54, 1.807) is 6.92 Å². The van der Waals surface area contributed by atoms with Gasteiger partial charge in [0.15, 0.2) is 5.78 Å². The zero-order valence-corrected chi connectivity index (χ0v) is 15.0. The Kier molecular flexibility index (Phi) is 4.32. The first-order valence-corrected chi connectivity index (χ1v) is 8.35. The number of carbonyl (C=O) groups excluding carboxylic acids is 2. The highest BCUT2D eigenvalue weighted by Crippen LogP contribution is 2.38. The molecule has 3 N–H and O–H groups in total. The number of Topliss-reactive ketones (excluding diaryl/α,β-unsaturated/α-hetero) is 1. The van der Waals surface area contributed by atoms with Crippen LogP contribution in [0.5, 0.6) is 5.75 Å². The van der Waals surface area contributed by atoms with Crippen molar-refractivity contribution in [2.45, 2.75) is 39.8 Å². The Morgan fingerprint density at radius 3 is 2.56 bits per heavy atom. The third-order valence-electron chi connectivity index (χ3n) is 4.70. The highest BCUT2D eigenvalue weighted by atomic mass is 19.4. The number of phenolic OH excluding ortho intramolecular Hbond substituents is 1. The molecule has 0 radical (unpaired) electrons. The van der Waals surface area contributed by atoms with Gasteiger partial charge in [0.25, 0.3) is 5.91 Å². The third-order valence-corrected chi connectivity index (χ3v) is 4.70. The van der Waals surface area contributed by atoms with Gasteiger partial charge in [0.2, 0.25) is 0 Å². The van der Waals surface area contributed by atoms with E-state index >= 15 is 0 Å². The topological polar surface area (TPSA) is 82.2 Å². The van der Waals surface area contributed by atoms with E-state index in [2.05, 4.69) is 10.3 Å². The number of rotatable bonds is 2. The lowest BCUT2D eigenvalue weighted by Gasteiger charge is -2.28. The predicted octanol–water partition coefficient (Wildman–Crippen LogP) is 4.45. The van der Waals surface area contributed by atoms with Crippen LogP contribution in [-0.4, -0.2) is 21.8 Å². The number of aromatic hydroxyl groups is 1. The Labute approximate surface area is 153 Å². The smallest absolute Gasteiger partial charge is 0.416 e. The summed E-state index contributed by atoms with van der Waals surface area (Å²) in [4.78, 5) is 27.9. The Morgan fingerprint density at radius 1 is 1.26 bits per heavy atom. The van der Waals surface area contributed by atoms with Gasteiger partial charge in [-0.05, 0) is 42.5 Å². The summed E-state index contributed by atoms with van der Waals surface area (Å²) in [6, 6.07) is 2.26. The number of hydrogen-bond acceptors (Lipinski definition) is 3. The van der Waals surface area contributed by atoms with Crippen LogP contribution in [0.15, 0.2) is 18.2 Å². The van der Waals surface area contributed by atoms with E-state index < -0.39 is 23.4 Å². The molecule has 0 aliphatic heterocycles. The molecule has 0 spiro atoms. The van der Waals surface area contributed by atoms with Gasteiger partial charge < -0.3 is 15.4 Å². The van der Waals surface area contributed by atoms with Crippen molar-refractivity contribution < 1.29 is 27.9 Å². The monoisotopic (exact) mass is 380 g/mol. The van der Waals surface area contributed by atoms with E-state index in [4.69, 9.17) is 0 Å². The molecular formula is C19H19F3N2O3. The SMILES string of the molecule is Cc1c(C(=O)Nc2cc(C(F)(F)F)ccc2O)[nH]c2c1C(=O)CC(C)(C)C2. The first kappa shape index (κ1) is 19.0. The van der Waals surface area contributed by atoms with Gasteiger partial charge in [-0.1, -0.05) is 13.8 Å². The van der Waals surface area contributed by atoms with Crippen LogP contribution >= 0.6 is 0 Å². The number of carbonyl (C=O) groups is 2. The molecule has 0 atom stereocenters. The number of hydrogen-bond donors (Lipinski definition) is 3. The highest BCUT2D eigenvalue weighted by Gasteiger charge is 2.35. The van der Waals surface area contributed by atoms with Crippen molar-refractivity contribution in [3.8, 4) is 5.75 Å². The second-order valence-electron chi connectivity index (χ2n) is 7.60. The standard InChI is InChI=1S/C19H19F3N2O3/c1-9-15-12(7-18(2,3)8-14(15)26)23-16(9)17(27)24-11-6-10(19(20,21)22)4-5-13(11)25/h4-6,23,25H,7-8H2,1-3H3,(H,24,27). The van der Waals surface area contributed by atoms with Gasteiger partial charge in [0, 0.05) is 17.7 Å². The first-order valence-electron chi connectivity index (χ1n) is 8.35. The van der Waals surface area contributed by atoms with Crippen LogP contribution in [0.4, 0.5) is 18.9 Å². The number of fused-ring (bicyclic) bond motifs is 1. The van der Waals surface area contributed by atoms with Crippen LogP contribution in [0.3, 0.4) is 0 Å². The van der Waals surface area contributed by atoms with Gasteiger partial charge in [-0.3, -0.25) is 9.59 Å². The molecular weight excluding hydrogens is 361 g/mol. The van der Waals surface area contributed by atoms with Crippen molar-refractivity contribution in [3.63, 3.8) is 0 Å². The lowest BCUT2D eigenvalue weighted by atomic mass is 9.75. The van der Waals surface area contributed by atoms with Crippen molar-refractivity contribution in [3.05, 3.63) is 46.3 Å². The van der Waals surface area contributed by atoms with Gasteiger partial charge in [0.05, 0.1) is 11.3 Å². The van der Waals surface area contributed by atoms with Crippen LogP contribution in [0, 0.1) is 12.3 Å². The number of benzene rings is 1. The Morgan fingerprint density at radius 2 is 1.93 bits per heavy atom. The van der Waals surface area contributed by atoms with Crippen LogP contribution < -0.4 is 5.32 Å². The van der Waals surface area contributed by atoms with E-state index in [1.165, 1.54) is 0 Å². The molecule has 0 saturated heterocycles. The minimum atomic E-state index is -4.60. The molecule has 0 unspecified atom stereocenters. The number of ketones is 1. The number of nitrogens with one attached hydrogen (secondary N) is 2. The molecule has 27 heavy (non-hydrogen) atoms. The number of amides is 1. The molecule has 5 nitrogen and oxygen atoms in total. The average molecular weight is 380 g/mol. The predicted molar refractivity (Wildman–Crippen MR) is 93.0 cm³/mol. The van der Waals surface area contributed by atoms with Gasteiger partial charge in [-0.15, -0.1) is 0 Å². The number of aromatic nitrogens is 1. The Balaban J connectivity index is 1.94. The normalized spacial score (nSPS) is 16.1. The Hall–Kier alpha value is -2.77. The molecule has 0 saturated carbocycles. The summed E-state index contributed by atoms with van der Waals surface area (Å²) in [7, 11) is 0. The molecule has 1 aromatic carbocycles. The number of aromatic amines is 1. The summed E-state index contributed by atoms with van der Waals surface area (Å²) in [6.07, 6.45) is -3.67. The summed E-state index contributed by atoms with van der Waals surface area (Å²) in [5, 5.41) is 12.1. The molecule has 3 rings (SSSR count). The molecule has 144 valence electrons. The first-order chi connectivity index (χ1) is 12.4. The summed E-state index contributed by atoms with van der Waals surface area (Å²) >= 11 is 0. The van der Waals surface area contributed by atoms with Crippen LogP contribution in [-0.2, 0) is 12.6 Å². The van der Waals surface area contributed by atoms with Gasteiger partial charge in [-0.25, -0.2) is 0 Å². The van der Waals surface area contributed by atoms with E-state index in [9.17, 15) is 27.9 Å². The molecule has 1 amide bonds. The zero-order valence-electron chi connectivity index (χ0n) is 15.0. The summed E-state index contributed by atoms with van der Waals surface area (Å²) < 4.78 is 38.6. The maximum Gasteiger partial charge on any atom is 0.416 e. The van der Waals surface area contributed by atoms with E-state index in [1.807, 2.05) is 13.8 Å². The van der Waals surface area contributed by atoms with Crippen molar-refractivity contribution in [1.29, 1.82) is 0 Å². The largest absolute Gasteiger partial charge is 0.506 e. The van der Waals surface area contributed by atoms with Gasteiger partial charge >= 0.3 is 6.18 Å². The van der Waals surface area contributed by atoms with Crippen LogP contribution in [0.1, 0.15) is 57.9 Å². The molecule has 1 heterocycles. The highest BCUT2D eigenvalue weighted by molar-refractivity contribution is 6.09. The van der Waals surface area contributed by atoms with Crippen molar-refractivity contribution >= 4 is 17.4 Å². The summed E-state index contributed by atoms with van der Waals surface area (Å²) in [5.74, 6) is -1.28. The number of phenols is 1. The van der Waals surface area contributed by atoms with Gasteiger partial charge in [0.1, 0.15) is 11.4 Å². The lowest BCUT2D eigenvalue weighted by Crippen LogP contribution is -2.26. The van der Waals surface area contributed by atoms with E-state index in [-0.39, 0.29) is 22.6 Å². The van der Waals surface area contributed by atoms with Crippen molar-refractivity contribution in [2.75, 3.05) is 5.32 Å². The molecule has 1 aromatic heterocycles. The van der Waals surface area contributed by atoms with Crippen LogP contribution in [0.2, 0.25) is 0 Å². The maximum absolute atomic E-state index is 12.9. The molecule has 2 aromatic rings. The van der Waals surface area contributed by atoms with Crippen molar-refractivity contribution in [2.24, 2.45) is 5.41 Å². The van der Waals surface area contributed by atoms with Crippen molar-refractivity contribution in [1.82, 2.24) is 4.98 Å². The number of H-pyrrole nitrogens is 1. The number of anilines is 1. The fourth-order valence-corrected chi connectivity index (χ4v) is 3.46. The molecule has 1 aliphatic rings. The van der Waals surface area contributed by atoms with E-state index in [0.29, 0.717) is 35.7 Å². The quantitative estimate of drug-likeness (QED) is 0.673. The Bertz CT molecular complexity index is 942. The second kappa shape index (κ2) is 6.14. The fourth-order valence-electron chi connectivity index (χ4n) is 3.46. The van der Waals surface area contributed by atoms with Crippen LogP contribution in [0.25, 0.3) is 0 Å². The molecule has 1 aliphatic carbocycles. The molecule has 0 bridgehead atoms. The number of alkyl halides is 3. The summed E-state index contributed by atoms with van der Waals surface area (Å²) in [6.45, 7) is 5.52. The second-order valence-corrected chi connectivity index (χ2v) is 7.60. The summed E-state index contributed by atoms with van der Waals surface area (Å²) in [5.41, 5.74) is 0.0785. The minimum Gasteiger partial charge on any atom is -0.506 e. The maximum atomic E-state index is 12.9. The minimum absolute atomic E-state index is 0.0732. The van der Waals surface area contributed by atoms with Gasteiger partial charge in [-0.2, -0.15) is 13.2 Å². The van der Waals surface area contributed by atoms with E-state index in [0.717, 1.165) is 12.1 Å². The molecule has 8 heteroatoms. The lowest BCUT2D eigenvalue weighted by molar-refractivity contribution is -0.137. The third kappa shape index (κ3) is 3.56. The zero-order chi connectivity index (χ0) is 20.1. The fraction of sp³-hybridized carbons (Fsp3) is 0.368. The average Bonchev–Trinajstić information content (AvgIpc) is 2.83. The molecule has 0 fully saturated rings. The number of halogens is 3.